The first-order chi connectivity index (χ1) is 11.0. The average molecular weight is 318 g/mol. The first-order valence-corrected chi connectivity index (χ1v) is 6.84. The number of nitrogens with zero attached hydrogens (tertiary/aromatic N) is 1. The molecular weight excluding hydrogens is 304 g/mol. The van der Waals surface area contributed by atoms with Crippen LogP contribution in [0, 0.1) is 10.1 Å². The lowest BCUT2D eigenvalue weighted by Crippen LogP contribution is -2.11. The molecule has 2 rings (SSSR count). The minimum atomic E-state index is -0.729. The molecule has 0 radical (unpaired) electrons. The summed E-state index contributed by atoms with van der Waals surface area (Å²) in [6, 6.07) is 8.39. The molecule has 1 amide bonds. The van der Waals surface area contributed by atoms with Crippen molar-refractivity contribution in [2.45, 2.75) is 13.3 Å². The molecule has 1 aromatic heterocycles. The largest absolute Gasteiger partial charge is 0.462 e. The molecule has 1 N–H and O–H groups in total. The van der Waals surface area contributed by atoms with Gasteiger partial charge in [0, 0.05) is 5.69 Å². The highest BCUT2D eigenvalue weighted by Crippen LogP contribution is 2.17. The number of hydrogen-bond donors (Lipinski definition) is 1. The molecule has 0 bridgehead atoms. The summed E-state index contributed by atoms with van der Waals surface area (Å²) in [5.41, 5.74) is 0.784. The van der Waals surface area contributed by atoms with E-state index in [4.69, 9.17) is 9.15 Å². The van der Waals surface area contributed by atoms with Crippen LogP contribution in [0.1, 0.15) is 34.3 Å². The summed E-state index contributed by atoms with van der Waals surface area (Å²) in [7, 11) is 0. The zero-order valence-electron chi connectivity index (χ0n) is 12.3. The fraction of sp³-hybridized carbons (Fsp3) is 0.200. The summed E-state index contributed by atoms with van der Waals surface area (Å²) in [6.07, 6.45) is 0.731. The Balaban J connectivity index is 2.01. The lowest BCUT2D eigenvalue weighted by Gasteiger charge is -2.05. The fourth-order valence-electron chi connectivity index (χ4n) is 1.71. The summed E-state index contributed by atoms with van der Waals surface area (Å²) in [6.45, 7) is 2.24. The number of rotatable bonds is 6. The van der Waals surface area contributed by atoms with Gasteiger partial charge in [0.05, 0.1) is 18.2 Å². The summed E-state index contributed by atoms with van der Waals surface area (Å²) in [4.78, 5) is 33.3. The van der Waals surface area contributed by atoms with E-state index in [1.807, 2.05) is 6.92 Å². The summed E-state index contributed by atoms with van der Waals surface area (Å²) >= 11 is 0. The standard InChI is InChI=1S/C15H14N2O6/c1-2-9-22-15(19)10-3-5-11(6-4-10)16-14(18)12-7-8-13(23-12)17(20)21/h3-8H,2,9H2,1H3,(H,16,18). The van der Waals surface area contributed by atoms with Gasteiger partial charge in [-0.05, 0) is 36.8 Å². The van der Waals surface area contributed by atoms with Crippen LogP contribution in [-0.2, 0) is 4.74 Å². The molecule has 0 aliphatic carbocycles. The normalized spacial score (nSPS) is 10.1. The van der Waals surface area contributed by atoms with E-state index < -0.39 is 22.7 Å². The number of anilines is 1. The number of carbonyl (C=O) groups is 2. The second kappa shape index (κ2) is 7.21. The van der Waals surface area contributed by atoms with Crippen molar-refractivity contribution in [3.05, 3.63) is 57.8 Å². The molecule has 0 unspecified atom stereocenters. The minimum Gasteiger partial charge on any atom is -0.462 e. The third-order valence-corrected chi connectivity index (χ3v) is 2.81. The third kappa shape index (κ3) is 4.16. The Morgan fingerprint density at radius 2 is 1.91 bits per heavy atom. The van der Waals surface area contributed by atoms with Gasteiger partial charge in [-0.3, -0.25) is 14.9 Å². The Morgan fingerprint density at radius 1 is 1.22 bits per heavy atom. The number of amides is 1. The number of nitro groups is 1. The van der Waals surface area contributed by atoms with Gasteiger partial charge in [-0.1, -0.05) is 6.92 Å². The maximum absolute atomic E-state index is 11.9. The molecule has 0 saturated carbocycles. The summed E-state index contributed by atoms with van der Waals surface area (Å²) < 4.78 is 9.79. The van der Waals surface area contributed by atoms with E-state index in [0.717, 1.165) is 12.5 Å². The highest BCUT2D eigenvalue weighted by Gasteiger charge is 2.17. The number of esters is 1. The number of nitrogens with one attached hydrogen (secondary N) is 1. The lowest BCUT2D eigenvalue weighted by molar-refractivity contribution is -0.402. The van der Waals surface area contributed by atoms with Gasteiger partial charge in [0.2, 0.25) is 0 Å². The van der Waals surface area contributed by atoms with E-state index in [1.54, 1.807) is 0 Å². The van der Waals surface area contributed by atoms with E-state index in [1.165, 1.54) is 30.3 Å². The summed E-state index contributed by atoms with van der Waals surface area (Å²) in [5, 5.41) is 13.0. The van der Waals surface area contributed by atoms with Crippen LogP contribution in [0.3, 0.4) is 0 Å². The summed E-state index contributed by atoms with van der Waals surface area (Å²) in [5.74, 6) is -1.75. The van der Waals surface area contributed by atoms with Crippen molar-refractivity contribution in [3.63, 3.8) is 0 Å². The van der Waals surface area contributed by atoms with Crippen LogP contribution in [0.25, 0.3) is 0 Å². The molecule has 0 atom stereocenters. The van der Waals surface area contributed by atoms with Crippen molar-refractivity contribution in [3.8, 4) is 0 Å². The molecule has 8 heteroatoms. The Kier molecular flexibility index (Phi) is 5.08. The van der Waals surface area contributed by atoms with Gasteiger partial charge < -0.3 is 14.5 Å². The van der Waals surface area contributed by atoms with Gasteiger partial charge in [0.25, 0.3) is 5.91 Å². The van der Waals surface area contributed by atoms with E-state index in [2.05, 4.69) is 5.32 Å². The highest BCUT2D eigenvalue weighted by atomic mass is 16.6. The molecule has 0 saturated heterocycles. The second-order valence-electron chi connectivity index (χ2n) is 4.56. The van der Waals surface area contributed by atoms with Gasteiger partial charge in [-0.25, -0.2) is 4.79 Å². The van der Waals surface area contributed by atoms with Crippen molar-refractivity contribution in [2.75, 3.05) is 11.9 Å². The number of furan rings is 1. The molecule has 23 heavy (non-hydrogen) atoms. The molecule has 0 fully saturated rings. The van der Waals surface area contributed by atoms with Gasteiger partial charge in [-0.15, -0.1) is 0 Å². The van der Waals surface area contributed by atoms with E-state index in [0.29, 0.717) is 17.9 Å². The van der Waals surface area contributed by atoms with Gasteiger partial charge in [0.1, 0.15) is 4.92 Å². The van der Waals surface area contributed by atoms with E-state index in [9.17, 15) is 19.7 Å². The minimum absolute atomic E-state index is 0.178. The van der Waals surface area contributed by atoms with Crippen molar-refractivity contribution in [1.29, 1.82) is 0 Å². The Labute approximate surface area is 131 Å². The van der Waals surface area contributed by atoms with Gasteiger partial charge >= 0.3 is 11.9 Å². The van der Waals surface area contributed by atoms with Crippen LogP contribution in [0.5, 0.6) is 0 Å². The van der Waals surface area contributed by atoms with Crippen molar-refractivity contribution in [2.24, 2.45) is 0 Å². The number of hydrogen-bond acceptors (Lipinski definition) is 6. The number of ether oxygens (including phenoxy) is 1. The fourth-order valence-corrected chi connectivity index (χ4v) is 1.71. The van der Waals surface area contributed by atoms with Gasteiger partial charge in [-0.2, -0.15) is 0 Å². The van der Waals surface area contributed by atoms with Crippen molar-refractivity contribution >= 4 is 23.4 Å². The molecule has 120 valence electrons. The Morgan fingerprint density at radius 3 is 2.48 bits per heavy atom. The number of carbonyl (C=O) groups excluding carboxylic acids is 2. The first kappa shape index (κ1) is 16.2. The lowest BCUT2D eigenvalue weighted by atomic mass is 10.2. The SMILES string of the molecule is CCCOC(=O)c1ccc(NC(=O)c2ccc([N+](=O)[O-])o2)cc1. The van der Waals surface area contributed by atoms with Crippen LogP contribution in [0.15, 0.2) is 40.8 Å². The van der Waals surface area contributed by atoms with Crippen LogP contribution in [0.4, 0.5) is 11.6 Å². The van der Waals surface area contributed by atoms with E-state index >= 15 is 0 Å². The predicted octanol–water partition coefficient (Wildman–Crippen LogP) is 3.01. The predicted molar refractivity (Wildman–Crippen MR) is 80.3 cm³/mol. The Bertz CT molecular complexity index is 720. The first-order valence-electron chi connectivity index (χ1n) is 6.84. The average Bonchev–Trinajstić information content (AvgIpc) is 3.03. The van der Waals surface area contributed by atoms with Crippen LogP contribution in [-0.4, -0.2) is 23.4 Å². The van der Waals surface area contributed by atoms with Crippen LogP contribution >= 0.6 is 0 Å². The molecule has 2 aromatic rings. The Hall–Kier alpha value is -3.16. The molecule has 0 spiro atoms. The van der Waals surface area contributed by atoms with Crippen LogP contribution < -0.4 is 5.32 Å². The molecule has 1 aromatic carbocycles. The smallest absolute Gasteiger partial charge is 0.433 e. The van der Waals surface area contributed by atoms with Crippen molar-refractivity contribution in [1.82, 2.24) is 0 Å². The molecule has 0 aliphatic rings. The van der Waals surface area contributed by atoms with Crippen molar-refractivity contribution < 1.29 is 23.7 Å². The number of benzene rings is 1. The quantitative estimate of drug-likeness (QED) is 0.498. The van der Waals surface area contributed by atoms with E-state index in [-0.39, 0.29) is 5.76 Å². The molecule has 1 heterocycles. The molecule has 8 nitrogen and oxygen atoms in total. The maximum atomic E-state index is 11.9. The molecular formula is C15H14N2O6. The zero-order valence-corrected chi connectivity index (χ0v) is 12.3. The molecule has 0 aliphatic heterocycles. The van der Waals surface area contributed by atoms with Crippen LogP contribution in [0.2, 0.25) is 0 Å². The zero-order chi connectivity index (χ0) is 16.8. The third-order valence-electron chi connectivity index (χ3n) is 2.81. The highest BCUT2D eigenvalue weighted by molar-refractivity contribution is 6.02. The maximum Gasteiger partial charge on any atom is 0.433 e. The monoisotopic (exact) mass is 318 g/mol. The van der Waals surface area contributed by atoms with Gasteiger partial charge in [0.15, 0.2) is 5.76 Å². The second-order valence-corrected chi connectivity index (χ2v) is 4.56. The topological polar surface area (TPSA) is 112 Å².